The van der Waals surface area contributed by atoms with Crippen molar-refractivity contribution < 1.29 is 0 Å². The highest BCUT2D eigenvalue weighted by molar-refractivity contribution is 6.28. The molecule has 0 aliphatic rings. The molecule has 0 atom stereocenters. The van der Waals surface area contributed by atoms with Gasteiger partial charge in [-0.15, -0.1) is 0 Å². The molecule has 2 heterocycles. The van der Waals surface area contributed by atoms with E-state index in [4.69, 9.17) is 15.0 Å². The quantitative estimate of drug-likeness (QED) is 0.179. The lowest BCUT2D eigenvalue weighted by Gasteiger charge is -2.12. The van der Waals surface area contributed by atoms with Crippen molar-refractivity contribution in [2.45, 2.75) is 0 Å². The van der Waals surface area contributed by atoms with Crippen LogP contribution >= 0.6 is 0 Å². The molecule has 256 valence electrons. The highest BCUT2D eigenvalue weighted by atomic mass is 15.0. The Bertz CT molecular complexity index is 3160. The van der Waals surface area contributed by atoms with E-state index in [0.29, 0.717) is 17.5 Å². The van der Waals surface area contributed by atoms with Crippen LogP contribution in [-0.4, -0.2) is 19.5 Å². The molecule has 9 aromatic carbocycles. The lowest BCUT2D eigenvalue weighted by Crippen LogP contribution is -2.01. The predicted octanol–water partition coefficient (Wildman–Crippen LogP) is 13.1. The Balaban J connectivity index is 1.07. The fourth-order valence-electron chi connectivity index (χ4n) is 8.14. The molecule has 11 aromatic rings. The van der Waals surface area contributed by atoms with E-state index in [9.17, 15) is 0 Å². The van der Waals surface area contributed by atoms with Gasteiger partial charge in [-0.05, 0) is 73.8 Å². The Kier molecular flexibility index (Phi) is 7.14. The molecule has 11 rings (SSSR count). The molecule has 0 aliphatic heterocycles. The molecule has 0 saturated carbocycles. The zero-order valence-corrected chi connectivity index (χ0v) is 29.8. The summed E-state index contributed by atoms with van der Waals surface area (Å²) in [6.07, 6.45) is 0. The van der Waals surface area contributed by atoms with Crippen LogP contribution in [0.3, 0.4) is 0 Å². The van der Waals surface area contributed by atoms with Crippen LogP contribution in [-0.2, 0) is 0 Å². The van der Waals surface area contributed by atoms with Gasteiger partial charge in [-0.25, -0.2) is 15.0 Å². The molecule has 4 heteroatoms. The van der Waals surface area contributed by atoms with Gasteiger partial charge < -0.3 is 4.57 Å². The third-order valence-electron chi connectivity index (χ3n) is 10.8. The highest BCUT2D eigenvalue weighted by Crippen LogP contribution is 2.41. The van der Waals surface area contributed by atoms with Crippen LogP contribution in [0.2, 0.25) is 0 Å². The van der Waals surface area contributed by atoms with E-state index in [-0.39, 0.29) is 0 Å². The van der Waals surface area contributed by atoms with E-state index >= 15 is 0 Å². The van der Waals surface area contributed by atoms with Crippen molar-refractivity contribution in [3.63, 3.8) is 0 Å². The second kappa shape index (κ2) is 12.6. The molecule has 55 heavy (non-hydrogen) atoms. The number of nitrogens with zero attached hydrogens (tertiary/aromatic N) is 4. The number of rotatable bonds is 5. The summed E-state index contributed by atoms with van der Waals surface area (Å²) in [7, 11) is 0. The third-order valence-corrected chi connectivity index (χ3v) is 10.8. The zero-order chi connectivity index (χ0) is 36.3. The molecule has 0 N–H and O–H groups in total. The molecular formula is C51H32N4. The van der Waals surface area contributed by atoms with Crippen molar-refractivity contribution in [2.24, 2.45) is 0 Å². The second-order valence-electron chi connectivity index (χ2n) is 14.1. The molecule has 0 amide bonds. The highest BCUT2D eigenvalue weighted by Gasteiger charge is 2.19. The fourth-order valence-corrected chi connectivity index (χ4v) is 8.14. The van der Waals surface area contributed by atoms with E-state index < -0.39 is 0 Å². The molecule has 0 fully saturated rings. The summed E-state index contributed by atoms with van der Waals surface area (Å²) in [5.41, 5.74) is 8.49. The van der Waals surface area contributed by atoms with Crippen molar-refractivity contribution >= 4 is 54.1 Å². The van der Waals surface area contributed by atoms with Gasteiger partial charge in [-0.1, -0.05) is 164 Å². The first-order valence-electron chi connectivity index (χ1n) is 18.6. The largest absolute Gasteiger partial charge is 0.309 e. The number of fused-ring (bicyclic) bond motifs is 8. The third kappa shape index (κ3) is 5.26. The molecule has 0 unspecified atom stereocenters. The van der Waals surface area contributed by atoms with Crippen LogP contribution in [0.4, 0.5) is 0 Å². The average Bonchev–Trinajstić information content (AvgIpc) is 3.62. The van der Waals surface area contributed by atoms with Gasteiger partial charge in [-0.3, -0.25) is 0 Å². The van der Waals surface area contributed by atoms with Gasteiger partial charge in [-0.2, -0.15) is 0 Å². The lowest BCUT2D eigenvalue weighted by molar-refractivity contribution is 1.07. The molecule has 0 radical (unpaired) electrons. The summed E-state index contributed by atoms with van der Waals surface area (Å²) in [4.78, 5) is 15.3. The minimum atomic E-state index is 0.626. The first-order valence-corrected chi connectivity index (χ1v) is 18.6. The van der Waals surface area contributed by atoms with Crippen LogP contribution in [0.5, 0.6) is 0 Å². The van der Waals surface area contributed by atoms with E-state index in [1.54, 1.807) is 0 Å². The fraction of sp³-hybridized carbons (Fsp3) is 0. The Morgan fingerprint density at radius 2 is 0.764 bits per heavy atom. The minimum Gasteiger partial charge on any atom is -0.309 e. The van der Waals surface area contributed by atoms with Crippen molar-refractivity contribution in [2.75, 3.05) is 0 Å². The Morgan fingerprint density at radius 1 is 0.291 bits per heavy atom. The van der Waals surface area contributed by atoms with Gasteiger partial charge in [0.15, 0.2) is 17.5 Å². The predicted molar refractivity (Wildman–Crippen MR) is 228 cm³/mol. The zero-order valence-electron chi connectivity index (χ0n) is 29.8. The molecule has 0 aliphatic carbocycles. The monoisotopic (exact) mass is 700 g/mol. The van der Waals surface area contributed by atoms with Crippen molar-refractivity contribution in [3.8, 4) is 51.0 Å². The smallest absolute Gasteiger partial charge is 0.164 e. The van der Waals surface area contributed by atoms with E-state index in [1.807, 2.05) is 18.2 Å². The number of hydrogen-bond acceptors (Lipinski definition) is 3. The Morgan fingerprint density at radius 3 is 1.42 bits per heavy atom. The molecule has 0 saturated heterocycles. The Hall–Kier alpha value is -7.43. The molecule has 4 nitrogen and oxygen atoms in total. The summed E-state index contributed by atoms with van der Waals surface area (Å²) in [6, 6.07) is 68.7. The second-order valence-corrected chi connectivity index (χ2v) is 14.1. The molecule has 2 aromatic heterocycles. The normalized spacial score (nSPS) is 11.6. The Labute approximate surface area is 317 Å². The molecule has 0 bridgehead atoms. The van der Waals surface area contributed by atoms with Gasteiger partial charge in [0.05, 0.1) is 11.0 Å². The summed E-state index contributed by atoms with van der Waals surface area (Å²) >= 11 is 0. The lowest BCUT2D eigenvalue weighted by atomic mass is 10.00. The first kappa shape index (κ1) is 31.1. The summed E-state index contributed by atoms with van der Waals surface area (Å²) in [6.45, 7) is 0. The average molecular weight is 701 g/mol. The van der Waals surface area contributed by atoms with Crippen LogP contribution in [0, 0.1) is 0 Å². The summed E-state index contributed by atoms with van der Waals surface area (Å²) < 4.78 is 2.39. The van der Waals surface area contributed by atoms with Gasteiger partial charge in [0.25, 0.3) is 0 Å². The van der Waals surface area contributed by atoms with E-state index in [2.05, 4.69) is 180 Å². The van der Waals surface area contributed by atoms with Gasteiger partial charge in [0.2, 0.25) is 0 Å². The van der Waals surface area contributed by atoms with Crippen LogP contribution in [0.25, 0.3) is 105 Å². The maximum absolute atomic E-state index is 5.14. The van der Waals surface area contributed by atoms with Gasteiger partial charge >= 0.3 is 0 Å². The molecular weight excluding hydrogens is 669 g/mol. The number of aromatic nitrogens is 4. The SMILES string of the molecule is c1ccc(-c2nc(-c3ccc(-c4ccc5ccccc5c4)cc3)nc(-c3cccc(-n4c5ccc6ccccc6c5c5c6ccccc6ccc54)c3)n2)cc1. The van der Waals surface area contributed by atoms with Crippen molar-refractivity contribution in [1.29, 1.82) is 0 Å². The molecule has 0 spiro atoms. The summed E-state index contributed by atoms with van der Waals surface area (Å²) in [5, 5.41) is 9.93. The van der Waals surface area contributed by atoms with Crippen molar-refractivity contribution in [3.05, 3.63) is 194 Å². The summed E-state index contributed by atoms with van der Waals surface area (Å²) in [5.74, 6) is 1.90. The topological polar surface area (TPSA) is 43.6 Å². The van der Waals surface area contributed by atoms with Crippen LogP contribution in [0.15, 0.2) is 194 Å². The van der Waals surface area contributed by atoms with Crippen LogP contribution in [0.1, 0.15) is 0 Å². The van der Waals surface area contributed by atoms with Gasteiger partial charge in [0.1, 0.15) is 0 Å². The van der Waals surface area contributed by atoms with Gasteiger partial charge in [0, 0.05) is 33.2 Å². The standard InChI is InChI=1S/C51H32N4/c1-2-14-37(15-3-1)49-52-50(38-24-21-34(22-25-38)40-26-23-33-11-4-5-16-39(33)31-40)54-51(53-49)41-17-10-18-42(32-41)55-45-29-27-35-12-6-8-19-43(35)47(45)48-44-20-9-7-13-36(44)28-30-46(48)55/h1-32H. The maximum atomic E-state index is 5.14. The number of benzene rings is 9. The first-order chi connectivity index (χ1) is 27.2. The van der Waals surface area contributed by atoms with Crippen molar-refractivity contribution in [1.82, 2.24) is 19.5 Å². The van der Waals surface area contributed by atoms with E-state index in [0.717, 1.165) is 39.0 Å². The maximum Gasteiger partial charge on any atom is 0.164 e. The van der Waals surface area contributed by atoms with Crippen LogP contribution < -0.4 is 0 Å². The minimum absolute atomic E-state index is 0.626. The van der Waals surface area contributed by atoms with E-state index in [1.165, 1.54) is 48.7 Å². The number of hydrogen-bond donors (Lipinski definition) is 0.